The molecule has 0 saturated heterocycles. The SMILES string of the molecule is COc1cc(C(O)C(C)N)ccc1C. The Morgan fingerprint density at radius 3 is 2.57 bits per heavy atom. The van der Waals surface area contributed by atoms with Crippen molar-refractivity contribution in [3.63, 3.8) is 0 Å². The van der Waals surface area contributed by atoms with Crippen molar-refractivity contribution >= 4 is 0 Å². The molecule has 1 aromatic rings. The van der Waals surface area contributed by atoms with Crippen LogP contribution in [0.15, 0.2) is 18.2 Å². The summed E-state index contributed by atoms with van der Waals surface area (Å²) < 4.78 is 5.16. The second-order valence-corrected chi connectivity index (χ2v) is 3.53. The van der Waals surface area contributed by atoms with E-state index in [2.05, 4.69) is 0 Å². The third-order valence-corrected chi connectivity index (χ3v) is 2.27. The maximum atomic E-state index is 9.73. The first kappa shape index (κ1) is 11.0. The van der Waals surface area contributed by atoms with E-state index in [1.54, 1.807) is 14.0 Å². The molecule has 0 fully saturated rings. The molecule has 2 atom stereocenters. The molecule has 3 heteroatoms. The Bertz CT molecular complexity index is 310. The fourth-order valence-electron chi connectivity index (χ4n) is 1.32. The quantitative estimate of drug-likeness (QED) is 0.766. The predicted molar refractivity (Wildman–Crippen MR) is 56.3 cm³/mol. The highest BCUT2D eigenvalue weighted by atomic mass is 16.5. The molecule has 0 aromatic heterocycles. The summed E-state index contributed by atoms with van der Waals surface area (Å²) in [4.78, 5) is 0. The van der Waals surface area contributed by atoms with Crippen LogP contribution in [0, 0.1) is 6.92 Å². The van der Waals surface area contributed by atoms with E-state index in [1.165, 1.54) is 0 Å². The van der Waals surface area contributed by atoms with Gasteiger partial charge in [0, 0.05) is 6.04 Å². The highest BCUT2D eigenvalue weighted by Crippen LogP contribution is 2.24. The van der Waals surface area contributed by atoms with Crippen LogP contribution in [0.1, 0.15) is 24.2 Å². The van der Waals surface area contributed by atoms with Gasteiger partial charge in [0.2, 0.25) is 0 Å². The lowest BCUT2D eigenvalue weighted by Crippen LogP contribution is -2.24. The van der Waals surface area contributed by atoms with Gasteiger partial charge in [-0.3, -0.25) is 0 Å². The molecule has 0 spiro atoms. The summed E-state index contributed by atoms with van der Waals surface area (Å²) in [6.07, 6.45) is -0.635. The molecule has 0 heterocycles. The maximum absolute atomic E-state index is 9.73. The summed E-state index contributed by atoms with van der Waals surface area (Å²) in [6, 6.07) is 5.33. The van der Waals surface area contributed by atoms with Gasteiger partial charge in [0.1, 0.15) is 5.75 Å². The summed E-state index contributed by atoms with van der Waals surface area (Å²) in [7, 11) is 1.62. The summed E-state index contributed by atoms with van der Waals surface area (Å²) in [5.41, 5.74) is 7.45. The van der Waals surface area contributed by atoms with E-state index >= 15 is 0 Å². The monoisotopic (exact) mass is 195 g/mol. The van der Waals surface area contributed by atoms with E-state index in [1.807, 2.05) is 25.1 Å². The van der Waals surface area contributed by atoms with Crippen molar-refractivity contribution in [1.82, 2.24) is 0 Å². The molecule has 2 unspecified atom stereocenters. The van der Waals surface area contributed by atoms with Gasteiger partial charge in [0.25, 0.3) is 0 Å². The molecular formula is C11H17NO2. The average Bonchev–Trinajstić information content (AvgIpc) is 2.17. The van der Waals surface area contributed by atoms with Gasteiger partial charge in [-0.15, -0.1) is 0 Å². The van der Waals surface area contributed by atoms with Crippen molar-refractivity contribution in [3.05, 3.63) is 29.3 Å². The summed E-state index contributed by atoms with van der Waals surface area (Å²) in [5, 5.41) is 9.73. The first-order valence-electron chi connectivity index (χ1n) is 4.64. The van der Waals surface area contributed by atoms with Crippen molar-refractivity contribution < 1.29 is 9.84 Å². The Balaban J connectivity index is 3.00. The van der Waals surface area contributed by atoms with Crippen LogP contribution >= 0.6 is 0 Å². The number of aliphatic hydroxyl groups is 1. The van der Waals surface area contributed by atoms with Crippen molar-refractivity contribution in [2.45, 2.75) is 26.0 Å². The second-order valence-electron chi connectivity index (χ2n) is 3.53. The Labute approximate surface area is 84.5 Å². The molecular weight excluding hydrogens is 178 g/mol. The molecule has 78 valence electrons. The maximum Gasteiger partial charge on any atom is 0.122 e. The van der Waals surface area contributed by atoms with Crippen molar-refractivity contribution in [2.24, 2.45) is 5.73 Å². The van der Waals surface area contributed by atoms with Crippen LogP contribution in [-0.2, 0) is 0 Å². The molecule has 0 amide bonds. The molecule has 0 aliphatic heterocycles. The van der Waals surface area contributed by atoms with Gasteiger partial charge in [-0.1, -0.05) is 12.1 Å². The van der Waals surface area contributed by atoms with Gasteiger partial charge in [0.15, 0.2) is 0 Å². The molecule has 14 heavy (non-hydrogen) atoms. The largest absolute Gasteiger partial charge is 0.496 e. The zero-order chi connectivity index (χ0) is 10.7. The van der Waals surface area contributed by atoms with Crippen LogP contribution in [0.2, 0.25) is 0 Å². The zero-order valence-corrected chi connectivity index (χ0v) is 8.82. The molecule has 3 nitrogen and oxygen atoms in total. The van der Waals surface area contributed by atoms with Gasteiger partial charge >= 0.3 is 0 Å². The molecule has 0 aliphatic carbocycles. The van der Waals surface area contributed by atoms with Crippen LogP contribution in [0.5, 0.6) is 5.75 Å². The minimum absolute atomic E-state index is 0.276. The van der Waals surface area contributed by atoms with Crippen molar-refractivity contribution in [1.29, 1.82) is 0 Å². The standard InChI is InChI=1S/C11H17NO2/c1-7-4-5-9(6-10(7)14-3)11(13)8(2)12/h4-6,8,11,13H,12H2,1-3H3. The van der Waals surface area contributed by atoms with Crippen LogP contribution in [0.25, 0.3) is 0 Å². The molecule has 0 aliphatic rings. The third kappa shape index (κ3) is 2.25. The first-order valence-corrected chi connectivity index (χ1v) is 4.64. The fraction of sp³-hybridized carbons (Fsp3) is 0.455. The Morgan fingerprint density at radius 1 is 1.43 bits per heavy atom. The highest BCUT2D eigenvalue weighted by molar-refractivity contribution is 5.37. The number of hydrogen-bond acceptors (Lipinski definition) is 3. The number of ether oxygens (including phenoxy) is 1. The van der Waals surface area contributed by atoms with Crippen LogP contribution < -0.4 is 10.5 Å². The molecule has 1 aromatic carbocycles. The number of hydrogen-bond donors (Lipinski definition) is 2. The summed E-state index contributed by atoms with van der Waals surface area (Å²) in [6.45, 7) is 3.73. The average molecular weight is 195 g/mol. The molecule has 0 saturated carbocycles. The fourth-order valence-corrected chi connectivity index (χ4v) is 1.32. The second kappa shape index (κ2) is 4.44. The van der Waals surface area contributed by atoms with Crippen LogP contribution in [0.4, 0.5) is 0 Å². The predicted octanol–water partition coefficient (Wildman–Crippen LogP) is 1.38. The Morgan fingerprint density at radius 2 is 2.07 bits per heavy atom. The lowest BCUT2D eigenvalue weighted by molar-refractivity contribution is 0.153. The smallest absolute Gasteiger partial charge is 0.122 e. The molecule has 0 radical (unpaired) electrons. The van der Waals surface area contributed by atoms with E-state index in [0.29, 0.717) is 0 Å². The Hall–Kier alpha value is -1.06. The molecule has 0 bridgehead atoms. The zero-order valence-electron chi connectivity index (χ0n) is 8.82. The molecule has 3 N–H and O–H groups in total. The number of aliphatic hydroxyl groups excluding tert-OH is 1. The topological polar surface area (TPSA) is 55.5 Å². The van der Waals surface area contributed by atoms with Crippen LogP contribution in [0.3, 0.4) is 0 Å². The van der Waals surface area contributed by atoms with Crippen molar-refractivity contribution in [3.8, 4) is 5.75 Å². The van der Waals surface area contributed by atoms with Gasteiger partial charge in [-0.2, -0.15) is 0 Å². The first-order chi connectivity index (χ1) is 6.56. The van der Waals surface area contributed by atoms with Gasteiger partial charge in [0.05, 0.1) is 13.2 Å². The normalized spacial score (nSPS) is 14.9. The van der Waals surface area contributed by atoms with Crippen LogP contribution in [-0.4, -0.2) is 18.3 Å². The number of benzene rings is 1. The van der Waals surface area contributed by atoms with Gasteiger partial charge < -0.3 is 15.6 Å². The van der Waals surface area contributed by atoms with E-state index in [4.69, 9.17) is 10.5 Å². The lowest BCUT2D eigenvalue weighted by atomic mass is 10.0. The summed E-state index contributed by atoms with van der Waals surface area (Å²) >= 11 is 0. The minimum Gasteiger partial charge on any atom is -0.496 e. The van der Waals surface area contributed by atoms with Gasteiger partial charge in [-0.05, 0) is 31.0 Å². The lowest BCUT2D eigenvalue weighted by Gasteiger charge is -2.16. The number of rotatable bonds is 3. The minimum atomic E-state index is -0.635. The number of methoxy groups -OCH3 is 1. The van der Waals surface area contributed by atoms with Crippen molar-refractivity contribution in [2.75, 3.05) is 7.11 Å². The van der Waals surface area contributed by atoms with E-state index in [-0.39, 0.29) is 6.04 Å². The van der Waals surface area contributed by atoms with Gasteiger partial charge in [-0.25, -0.2) is 0 Å². The Kier molecular flexibility index (Phi) is 3.49. The third-order valence-electron chi connectivity index (χ3n) is 2.27. The highest BCUT2D eigenvalue weighted by Gasteiger charge is 2.13. The van der Waals surface area contributed by atoms with E-state index in [9.17, 15) is 5.11 Å². The number of aryl methyl sites for hydroxylation is 1. The number of nitrogens with two attached hydrogens (primary N) is 1. The van der Waals surface area contributed by atoms with E-state index < -0.39 is 6.10 Å². The summed E-state index contributed by atoms with van der Waals surface area (Å²) in [5.74, 6) is 0.780. The molecule has 1 rings (SSSR count). The van der Waals surface area contributed by atoms with E-state index in [0.717, 1.165) is 16.9 Å².